The molecule has 0 atom stereocenters. The van der Waals surface area contributed by atoms with Gasteiger partial charge in [0.15, 0.2) is 5.88 Å². The number of rotatable bonds is 4. The Bertz CT molecular complexity index is 366. The summed E-state index contributed by atoms with van der Waals surface area (Å²) in [6, 6.07) is 3.12. The first kappa shape index (κ1) is 10.1. The first-order valence-electron chi connectivity index (χ1n) is 5.16. The normalized spacial score (nSPS) is 18.2. The molecule has 1 aromatic rings. The molecule has 0 aliphatic heterocycles. The second kappa shape index (κ2) is 3.61. The van der Waals surface area contributed by atoms with Crippen molar-refractivity contribution >= 4 is 11.9 Å². The molecule has 15 heavy (non-hydrogen) atoms. The molecule has 1 aliphatic rings. The molecule has 0 bridgehead atoms. The summed E-state index contributed by atoms with van der Waals surface area (Å²) in [5.74, 6) is -0.505. The van der Waals surface area contributed by atoms with Crippen LogP contribution in [0.4, 0.5) is 5.88 Å². The molecule has 2 N–H and O–H groups in total. The highest BCUT2D eigenvalue weighted by Crippen LogP contribution is 2.40. The molecular weight excluding hydrogens is 194 g/mol. The fourth-order valence-electron chi connectivity index (χ4n) is 1.81. The summed E-state index contributed by atoms with van der Waals surface area (Å²) >= 11 is 0. The van der Waals surface area contributed by atoms with Crippen LogP contribution in [-0.4, -0.2) is 17.6 Å². The van der Waals surface area contributed by atoms with Gasteiger partial charge < -0.3 is 14.8 Å². The Kier molecular flexibility index (Phi) is 2.42. The Balaban J connectivity index is 1.90. The van der Waals surface area contributed by atoms with Crippen LogP contribution in [0.15, 0.2) is 16.5 Å². The average Bonchev–Trinajstić information content (AvgIpc) is 2.60. The van der Waals surface area contributed by atoms with Crippen LogP contribution in [-0.2, 0) is 0 Å². The van der Waals surface area contributed by atoms with Gasteiger partial charge in [0, 0.05) is 12.6 Å². The van der Waals surface area contributed by atoms with Gasteiger partial charge in [0.25, 0.3) is 0 Å². The molecule has 4 heteroatoms. The van der Waals surface area contributed by atoms with Gasteiger partial charge in [0.1, 0.15) is 0 Å². The van der Waals surface area contributed by atoms with Crippen LogP contribution in [0, 0.1) is 5.41 Å². The van der Waals surface area contributed by atoms with Gasteiger partial charge >= 0.3 is 5.97 Å². The molecule has 0 radical (unpaired) electrons. The van der Waals surface area contributed by atoms with Crippen molar-refractivity contribution in [2.45, 2.75) is 26.2 Å². The van der Waals surface area contributed by atoms with E-state index in [0.29, 0.717) is 11.3 Å². The van der Waals surface area contributed by atoms with E-state index in [1.807, 2.05) is 0 Å². The van der Waals surface area contributed by atoms with Crippen molar-refractivity contribution in [2.24, 2.45) is 5.41 Å². The van der Waals surface area contributed by atoms with Crippen LogP contribution < -0.4 is 5.32 Å². The maximum atomic E-state index is 10.6. The Morgan fingerprint density at radius 3 is 2.80 bits per heavy atom. The highest BCUT2D eigenvalue weighted by molar-refractivity contribution is 5.84. The van der Waals surface area contributed by atoms with E-state index < -0.39 is 5.97 Å². The Labute approximate surface area is 88.3 Å². The van der Waals surface area contributed by atoms with Gasteiger partial charge in [-0.15, -0.1) is 0 Å². The van der Waals surface area contributed by atoms with E-state index in [2.05, 4.69) is 12.2 Å². The zero-order chi connectivity index (χ0) is 10.9. The van der Waals surface area contributed by atoms with Crippen molar-refractivity contribution in [3.05, 3.63) is 17.9 Å². The van der Waals surface area contributed by atoms with E-state index in [1.165, 1.54) is 25.3 Å². The number of nitrogens with one attached hydrogen (secondary N) is 1. The molecule has 4 nitrogen and oxygen atoms in total. The second-order valence-electron chi connectivity index (χ2n) is 4.49. The minimum absolute atomic E-state index is 0.0173. The lowest BCUT2D eigenvalue weighted by Crippen LogP contribution is -2.33. The molecule has 1 aromatic heterocycles. The molecule has 0 spiro atoms. The van der Waals surface area contributed by atoms with Crippen molar-refractivity contribution in [3.8, 4) is 0 Å². The lowest BCUT2D eigenvalue weighted by atomic mass is 9.70. The quantitative estimate of drug-likeness (QED) is 0.800. The zero-order valence-corrected chi connectivity index (χ0v) is 8.75. The van der Waals surface area contributed by atoms with Crippen LogP contribution in [0.2, 0.25) is 0 Å². The van der Waals surface area contributed by atoms with Gasteiger partial charge in [-0.3, -0.25) is 0 Å². The second-order valence-corrected chi connectivity index (χ2v) is 4.49. The molecule has 82 valence electrons. The Morgan fingerprint density at radius 2 is 2.33 bits per heavy atom. The Morgan fingerprint density at radius 1 is 1.60 bits per heavy atom. The third kappa shape index (κ3) is 2.14. The maximum Gasteiger partial charge on any atom is 0.371 e. The van der Waals surface area contributed by atoms with E-state index in [4.69, 9.17) is 9.52 Å². The van der Waals surface area contributed by atoms with Crippen LogP contribution in [0.3, 0.4) is 0 Å². The van der Waals surface area contributed by atoms with Crippen molar-refractivity contribution in [1.82, 2.24) is 0 Å². The zero-order valence-electron chi connectivity index (χ0n) is 8.75. The van der Waals surface area contributed by atoms with Crippen molar-refractivity contribution < 1.29 is 14.3 Å². The van der Waals surface area contributed by atoms with E-state index >= 15 is 0 Å². The topological polar surface area (TPSA) is 62.5 Å². The summed E-state index contributed by atoms with van der Waals surface area (Å²) in [7, 11) is 0. The molecule has 2 rings (SSSR count). The van der Waals surface area contributed by atoms with Gasteiger partial charge in [-0.25, -0.2) is 4.79 Å². The summed E-state index contributed by atoms with van der Waals surface area (Å²) in [6.07, 6.45) is 3.75. The van der Waals surface area contributed by atoms with Crippen molar-refractivity contribution in [3.63, 3.8) is 0 Å². The fourth-order valence-corrected chi connectivity index (χ4v) is 1.81. The van der Waals surface area contributed by atoms with E-state index in [9.17, 15) is 4.79 Å². The number of hydrogen-bond acceptors (Lipinski definition) is 3. The SMILES string of the molecule is CC1(CNc2ccc(C(=O)O)o2)CCC1. The number of carbonyl (C=O) groups is 1. The minimum Gasteiger partial charge on any atom is -0.475 e. The van der Waals surface area contributed by atoms with Gasteiger partial charge in [0.05, 0.1) is 0 Å². The lowest BCUT2D eigenvalue weighted by Gasteiger charge is -2.38. The summed E-state index contributed by atoms with van der Waals surface area (Å²) in [5, 5.41) is 11.8. The first-order chi connectivity index (χ1) is 7.09. The standard InChI is InChI=1S/C11H15NO3/c1-11(5-2-6-11)7-12-9-4-3-8(15-9)10(13)14/h3-4,12H,2,5-7H2,1H3,(H,13,14). The molecule has 1 fully saturated rings. The smallest absolute Gasteiger partial charge is 0.371 e. The maximum absolute atomic E-state index is 10.6. The summed E-state index contributed by atoms with van der Waals surface area (Å²) in [4.78, 5) is 10.6. The number of carboxylic acid groups (broad SMARTS) is 1. The molecule has 0 amide bonds. The molecule has 0 unspecified atom stereocenters. The number of hydrogen-bond donors (Lipinski definition) is 2. The highest BCUT2D eigenvalue weighted by Gasteiger charge is 2.31. The molecule has 1 aliphatic carbocycles. The third-order valence-electron chi connectivity index (χ3n) is 3.07. The van der Waals surface area contributed by atoms with Gasteiger partial charge in [-0.1, -0.05) is 13.3 Å². The van der Waals surface area contributed by atoms with Crippen LogP contribution in [0.1, 0.15) is 36.7 Å². The molecule has 1 saturated carbocycles. The monoisotopic (exact) mass is 209 g/mol. The molecule has 0 aromatic carbocycles. The van der Waals surface area contributed by atoms with E-state index in [1.54, 1.807) is 6.07 Å². The number of furan rings is 1. The van der Waals surface area contributed by atoms with Gasteiger partial charge in [0.2, 0.25) is 5.76 Å². The first-order valence-corrected chi connectivity index (χ1v) is 5.16. The number of carboxylic acids is 1. The largest absolute Gasteiger partial charge is 0.475 e. The molecular formula is C11H15NO3. The molecule has 0 saturated heterocycles. The summed E-state index contributed by atoms with van der Waals surface area (Å²) < 4.78 is 5.10. The average molecular weight is 209 g/mol. The molecule has 1 heterocycles. The summed E-state index contributed by atoms with van der Waals surface area (Å²) in [6.45, 7) is 3.07. The number of aromatic carboxylic acids is 1. The van der Waals surface area contributed by atoms with Crippen molar-refractivity contribution in [2.75, 3.05) is 11.9 Å². The Hall–Kier alpha value is -1.45. The fraction of sp³-hybridized carbons (Fsp3) is 0.545. The van der Waals surface area contributed by atoms with Crippen LogP contribution in [0.25, 0.3) is 0 Å². The summed E-state index contributed by atoms with van der Waals surface area (Å²) in [5.41, 5.74) is 0.357. The third-order valence-corrected chi connectivity index (χ3v) is 3.07. The van der Waals surface area contributed by atoms with Gasteiger partial charge in [-0.2, -0.15) is 0 Å². The van der Waals surface area contributed by atoms with Gasteiger partial charge in [-0.05, 0) is 24.3 Å². The van der Waals surface area contributed by atoms with Crippen LogP contribution >= 0.6 is 0 Å². The predicted octanol–water partition coefficient (Wildman–Crippen LogP) is 2.58. The van der Waals surface area contributed by atoms with E-state index in [-0.39, 0.29) is 5.76 Å². The predicted molar refractivity (Wildman–Crippen MR) is 56.1 cm³/mol. The number of anilines is 1. The van der Waals surface area contributed by atoms with E-state index in [0.717, 1.165) is 6.54 Å². The van der Waals surface area contributed by atoms with Crippen molar-refractivity contribution in [1.29, 1.82) is 0 Å². The minimum atomic E-state index is -1.03. The highest BCUT2D eigenvalue weighted by atomic mass is 16.4. The van der Waals surface area contributed by atoms with Crippen LogP contribution in [0.5, 0.6) is 0 Å². The lowest BCUT2D eigenvalue weighted by molar-refractivity contribution is 0.0663.